The molecule has 0 aromatic rings. The first-order chi connectivity index (χ1) is 2.77. The predicted molar refractivity (Wildman–Crippen MR) is 21.4 cm³/mol. The Hall–Kier alpha value is -0.610. The Labute approximate surface area is 35.5 Å². The molecule has 4 nitrogen and oxygen atoms in total. The Bertz CT molecular complexity index is 44.1. The van der Waals surface area contributed by atoms with Crippen LogP contribution in [0.2, 0.25) is 0 Å². The van der Waals surface area contributed by atoms with Crippen molar-refractivity contribution < 1.29 is 4.79 Å². The molecule has 0 aromatic heterocycles. The minimum atomic E-state index is -0.720. The molecule has 36 valence electrons. The van der Waals surface area contributed by atoms with E-state index in [2.05, 4.69) is 5.32 Å². The standard InChI is InChI=1S/C2H7N3O/c3-2(4)5-1-6/h1-2H,3-4H2,(H,5,6). The molecule has 5 N–H and O–H groups in total. The van der Waals surface area contributed by atoms with Crippen molar-refractivity contribution in [3.05, 3.63) is 0 Å². The number of nitrogens with two attached hydrogens (primary N) is 2. The summed E-state index contributed by atoms with van der Waals surface area (Å²) in [6.07, 6.45) is -0.271. The molecule has 0 unspecified atom stereocenters. The third kappa shape index (κ3) is 3.39. The van der Waals surface area contributed by atoms with Crippen LogP contribution in [0.3, 0.4) is 0 Å². The van der Waals surface area contributed by atoms with Crippen molar-refractivity contribution in [1.82, 2.24) is 5.32 Å². The highest BCUT2D eigenvalue weighted by molar-refractivity contribution is 5.46. The van der Waals surface area contributed by atoms with E-state index in [4.69, 9.17) is 11.5 Å². The van der Waals surface area contributed by atoms with Gasteiger partial charge in [0.15, 0.2) is 0 Å². The van der Waals surface area contributed by atoms with E-state index in [1.54, 1.807) is 0 Å². The Morgan fingerprint density at radius 3 is 2.17 bits per heavy atom. The third-order valence-corrected chi connectivity index (χ3v) is 0.260. The van der Waals surface area contributed by atoms with Crippen LogP contribution in [0.15, 0.2) is 0 Å². The van der Waals surface area contributed by atoms with Gasteiger partial charge in [-0.05, 0) is 0 Å². The fourth-order valence-corrected chi connectivity index (χ4v) is 0.0786. The van der Waals surface area contributed by atoms with Crippen molar-refractivity contribution in [2.45, 2.75) is 6.29 Å². The van der Waals surface area contributed by atoms with Crippen molar-refractivity contribution in [2.24, 2.45) is 11.5 Å². The maximum atomic E-state index is 9.34. The number of hydrogen-bond donors (Lipinski definition) is 3. The van der Waals surface area contributed by atoms with Crippen molar-refractivity contribution in [2.75, 3.05) is 0 Å². The summed E-state index contributed by atoms with van der Waals surface area (Å²) in [4.78, 5) is 9.34. The second kappa shape index (κ2) is 2.62. The fourth-order valence-electron chi connectivity index (χ4n) is 0.0786. The lowest BCUT2D eigenvalue weighted by Gasteiger charge is -1.97. The molecule has 0 bridgehead atoms. The van der Waals surface area contributed by atoms with E-state index in [1.165, 1.54) is 0 Å². The maximum absolute atomic E-state index is 9.34. The zero-order valence-electron chi connectivity index (χ0n) is 3.22. The Morgan fingerprint density at radius 2 is 2.17 bits per heavy atom. The Morgan fingerprint density at radius 1 is 1.67 bits per heavy atom. The minimum Gasteiger partial charge on any atom is -0.331 e. The molecular formula is C2H7N3O. The van der Waals surface area contributed by atoms with E-state index in [1.807, 2.05) is 0 Å². The number of nitrogens with one attached hydrogen (secondary N) is 1. The first-order valence-electron chi connectivity index (χ1n) is 1.48. The summed E-state index contributed by atoms with van der Waals surface area (Å²) >= 11 is 0. The maximum Gasteiger partial charge on any atom is 0.209 e. The summed E-state index contributed by atoms with van der Waals surface area (Å²) in [5.41, 5.74) is 9.68. The molecule has 0 fully saturated rings. The normalized spacial score (nSPS) is 8.50. The van der Waals surface area contributed by atoms with Crippen LogP contribution in [0.4, 0.5) is 0 Å². The van der Waals surface area contributed by atoms with Crippen molar-refractivity contribution in [1.29, 1.82) is 0 Å². The minimum absolute atomic E-state index is 0.449. The molecule has 0 radical (unpaired) electrons. The predicted octanol–water partition coefficient (Wildman–Crippen LogP) is -2.07. The highest BCUT2D eigenvalue weighted by Gasteiger charge is 1.80. The molecular weight excluding hydrogens is 82.0 g/mol. The van der Waals surface area contributed by atoms with Crippen LogP contribution in [0.25, 0.3) is 0 Å². The molecule has 4 heteroatoms. The van der Waals surface area contributed by atoms with Crippen molar-refractivity contribution >= 4 is 6.41 Å². The summed E-state index contributed by atoms with van der Waals surface area (Å²) in [7, 11) is 0. The van der Waals surface area contributed by atoms with Gasteiger partial charge in [-0.1, -0.05) is 0 Å². The van der Waals surface area contributed by atoms with Crippen molar-refractivity contribution in [3.63, 3.8) is 0 Å². The van der Waals surface area contributed by atoms with Gasteiger partial charge in [-0.3, -0.25) is 16.3 Å². The van der Waals surface area contributed by atoms with Gasteiger partial charge in [-0.25, -0.2) is 0 Å². The van der Waals surface area contributed by atoms with E-state index < -0.39 is 6.29 Å². The molecule has 0 heterocycles. The molecule has 0 saturated heterocycles. The van der Waals surface area contributed by atoms with Crippen molar-refractivity contribution in [3.8, 4) is 0 Å². The van der Waals surface area contributed by atoms with E-state index in [0.29, 0.717) is 6.41 Å². The average Bonchev–Trinajstić information content (AvgIpc) is 1.35. The van der Waals surface area contributed by atoms with E-state index in [0.717, 1.165) is 0 Å². The molecule has 6 heavy (non-hydrogen) atoms. The average molecular weight is 89.1 g/mol. The first-order valence-corrected chi connectivity index (χ1v) is 1.48. The quantitative estimate of drug-likeness (QED) is 0.268. The van der Waals surface area contributed by atoms with E-state index in [9.17, 15) is 4.79 Å². The van der Waals surface area contributed by atoms with E-state index >= 15 is 0 Å². The summed E-state index contributed by atoms with van der Waals surface area (Å²) in [5, 5.41) is 2.08. The van der Waals surface area contributed by atoms with Gasteiger partial charge < -0.3 is 5.32 Å². The van der Waals surface area contributed by atoms with Gasteiger partial charge in [0.2, 0.25) is 6.41 Å². The number of carbonyl (C=O) groups is 1. The molecule has 1 amide bonds. The van der Waals surface area contributed by atoms with Crippen LogP contribution in [-0.2, 0) is 4.79 Å². The number of amides is 1. The molecule has 0 aliphatic heterocycles. The second-order valence-electron chi connectivity index (χ2n) is 0.810. The third-order valence-electron chi connectivity index (χ3n) is 0.260. The molecule has 0 saturated carbocycles. The molecule has 0 atom stereocenters. The molecule has 0 aliphatic carbocycles. The highest BCUT2D eigenvalue weighted by atomic mass is 16.1. The summed E-state index contributed by atoms with van der Waals surface area (Å²) in [6, 6.07) is 0. The zero-order chi connectivity index (χ0) is 4.99. The SMILES string of the molecule is NC(N)NC=O. The lowest BCUT2D eigenvalue weighted by Crippen LogP contribution is -2.44. The van der Waals surface area contributed by atoms with Gasteiger partial charge >= 0.3 is 0 Å². The second-order valence-corrected chi connectivity index (χ2v) is 0.810. The van der Waals surface area contributed by atoms with Crippen LogP contribution in [0, 0.1) is 0 Å². The van der Waals surface area contributed by atoms with Gasteiger partial charge in [0, 0.05) is 0 Å². The summed E-state index contributed by atoms with van der Waals surface area (Å²) in [6.45, 7) is 0. The van der Waals surface area contributed by atoms with Crippen LogP contribution >= 0.6 is 0 Å². The van der Waals surface area contributed by atoms with Gasteiger partial charge in [0.05, 0.1) is 0 Å². The number of rotatable bonds is 2. The molecule has 0 rings (SSSR count). The lowest BCUT2D eigenvalue weighted by atomic mass is 10.9. The summed E-state index contributed by atoms with van der Waals surface area (Å²) in [5.74, 6) is 0. The summed E-state index contributed by atoms with van der Waals surface area (Å²) < 4.78 is 0. The fraction of sp³-hybridized carbons (Fsp3) is 0.500. The van der Waals surface area contributed by atoms with Crippen LogP contribution < -0.4 is 16.8 Å². The van der Waals surface area contributed by atoms with Gasteiger partial charge in [0.1, 0.15) is 6.29 Å². The Balaban J connectivity index is 2.81. The monoisotopic (exact) mass is 89.1 g/mol. The zero-order valence-corrected chi connectivity index (χ0v) is 3.22. The van der Waals surface area contributed by atoms with Gasteiger partial charge in [-0.15, -0.1) is 0 Å². The number of hydrogen-bond acceptors (Lipinski definition) is 3. The van der Waals surface area contributed by atoms with Gasteiger partial charge in [-0.2, -0.15) is 0 Å². The van der Waals surface area contributed by atoms with Crippen LogP contribution in [-0.4, -0.2) is 12.7 Å². The first kappa shape index (κ1) is 5.39. The number of carbonyl (C=O) groups excluding carboxylic acids is 1. The Kier molecular flexibility index (Phi) is 2.35. The molecule has 0 spiro atoms. The highest BCUT2D eigenvalue weighted by Crippen LogP contribution is 1.38. The smallest absolute Gasteiger partial charge is 0.209 e. The lowest BCUT2D eigenvalue weighted by molar-refractivity contribution is -0.110. The van der Waals surface area contributed by atoms with E-state index in [-0.39, 0.29) is 0 Å². The van der Waals surface area contributed by atoms with Crippen LogP contribution in [0.1, 0.15) is 0 Å². The molecule has 0 aliphatic rings. The van der Waals surface area contributed by atoms with Gasteiger partial charge in [0.25, 0.3) is 0 Å². The topological polar surface area (TPSA) is 81.1 Å². The largest absolute Gasteiger partial charge is 0.331 e. The molecule has 0 aromatic carbocycles. The van der Waals surface area contributed by atoms with Crippen LogP contribution in [0.5, 0.6) is 0 Å².